The minimum atomic E-state index is -3.83. The Kier molecular flexibility index (Phi) is 11.0. The number of hydrogen-bond acceptors (Lipinski definition) is 7. The van der Waals surface area contributed by atoms with Crippen LogP contribution in [-0.4, -0.2) is 99.0 Å². The van der Waals surface area contributed by atoms with Gasteiger partial charge in [0.25, 0.3) is 5.91 Å². The topological polar surface area (TPSA) is 119 Å². The summed E-state index contributed by atoms with van der Waals surface area (Å²) in [5.74, 6) is -0.501. The smallest absolute Gasteiger partial charge is 0.258 e. The molecule has 12 heteroatoms. The first-order chi connectivity index (χ1) is 18.8. The minimum absolute atomic E-state index is 0.0193. The van der Waals surface area contributed by atoms with E-state index in [2.05, 4.69) is 5.32 Å². The van der Waals surface area contributed by atoms with Crippen molar-refractivity contribution in [1.29, 1.82) is 0 Å². The van der Waals surface area contributed by atoms with E-state index in [4.69, 9.17) is 16.3 Å². The number of aliphatic hydroxyl groups excluding tert-OH is 1. The number of sulfonamides is 1. The molecule has 0 aliphatic carbocycles. The van der Waals surface area contributed by atoms with Gasteiger partial charge in [-0.25, -0.2) is 8.42 Å². The molecule has 0 aromatic heterocycles. The zero-order valence-corrected chi connectivity index (χ0v) is 25.2. The second-order valence-electron chi connectivity index (χ2n) is 10.5. The van der Waals surface area contributed by atoms with Gasteiger partial charge in [-0.3, -0.25) is 9.59 Å². The normalized spacial score (nSPS) is 18.6. The molecule has 0 saturated carbocycles. The van der Waals surface area contributed by atoms with Crippen molar-refractivity contribution in [2.75, 3.05) is 52.7 Å². The van der Waals surface area contributed by atoms with Crippen LogP contribution in [0.5, 0.6) is 5.75 Å². The molecule has 3 atom stereocenters. The van der Waals surface area contributed by atoms with Crippen LogP contribution >= 0.6 is 11.6 Å². The molecule has 0 bridgehead atoms. The van der Waals surface area contributed by atoms with Crippen molar-refractivity contribution in [1.82, 2.24) is 14.1 Å². The summed E-state index contributed by atoms with van der Waals surface area (Å²) < 4.78 is 34.0. The molecule has 1 aliphatic rings. The van der Waals surface area contributed by atoms with Crippen molar-refractivity contribution in [2.24, 2.45) is 5.92 Å². The first kappa shape index (κ1) is 31.8. The summed E-state index contributed by atoms with van der Waals surface area (Å²) in [6.45, 7) is 4.42. The first-order valence-corrected chi connectivity index (χ1v) is 15.0. The average Bonchev–Trinajstić information content (AvgIpc) is 2.90. The standard InChI is InChI=1S/C28H39ClN4O6S/c1-19-16-33(20(2)18-34)28(36)24-15-22(30-27(35)7-6-14-31(3)4)10-13-25(24)39-26(19)17-32(5)40(37,38)23-11-8-21(29)9-12-23/h8-13,15,19-20,26,34H,6-7,14,16-18H2,1-5H3,(H,30,35)/t19-,20-,26-/m1/s1. The molecular weight excluding hydrogens is 556 g/mol. The highest BCUT2D eigenvalue weighted by Crippen LogP contribution is 2.31. The predicted octanol–water partition coefficient (Wildman–Crippen LogP) is 3.16. The van der Waals surface area contributed by atoms with E-state index in [1.54, 1.807) is 30.0 Å². The molecule has 0 radical (unpaired) electrons. The molecule has 40 heavy (non-hydrogen) atoms. The van der Waals surface area contributed by atoms with E-state index in [1.165, 1.54) is 35.6 Å². The number of aliphatic hydroxyl groups is 1. The zero-order valence-electron chi connectivity index (χ0n) is 23.6. The molecule has 2 N–H and O–H groups in total. The van der Waals surface area contributed by atoms with Crippen molar-refractivity contribution in [3.8, 4) is 5.75 Å². The third-order valence-corrected chi connectivity index (χ3v) is 9.01. The van der Waals surface area contributed by atoms with Gasteiger partial charge >= 0.3 is 0 Å². The third-order valence-electron chi connectivity index (χ3n) is 6.92. The maximum Gasteiger partial charge on any atom is 0.258 e. The number of likely N-dealkylation sites (N-methyl/N-ethyl adjacent to an activating group) is 1. The molecule has 10 nitrogen and oxygen atoms in total. The van der Waals surface area contributed by atoms with Gasteiger partial charge in [-0.1, -0.05) is 18.5 Å². The predicted molar refractivity (Wildman–Crippen MR) is 155 cm³/mol. The van der Waals surface area contributed by atoms with Crippen LogP contribution in [0.3, 0.4) is 0 Å². The van der Waals surface area contributed by atoms with Crippen LogP contribution in [0.2, 0.25) is 5.02 Å². The number of amides is 2. The summed E-state index contributed by atoms with van der Waals surface area (Å²) in [6, 6.07) is 10.3. The molecule has 0 spiro atoms. The number of carbonyl (C=O) groups is 2. The van der Waals surface area contributed by atoms with E-state index in [-0.39, 0.29) is 53.6 Å². The molecule has 2 amide bonds. The molecule has 0 unspecified atom stereocenters. The summed E-state index contributed by atoms with van der Waals surface area (Å²) >= 11 is 5.93. The van der Waals surface area contributed by atoms with Crippen LogP contribution < -0.4 is 10.1 Å². The Balaban J connectivity index is 1.89. The highest BCUT2D eigenvalue weighted by molar-refractivity contribution is 7.89. The number of carbonyl (C=O) groups excluding carboxylic acids is 2. The van der Waals surface area contributed by atoms with Gasteiger partial charge < -0.3 is 25.0 Å². The van der Waals surface area contributed by atoms with Gasteiger partial charge in [0.1, 0.15) is 11.9 Å². The maximum absolute atomic E-state index is 13.6. The summed E-state index contributed by atoms with van der Waals surface area (Å²) in [7, 11) is 1.53. The Morgan fingerprint density at radius 3 is 2.50 bits per heavy atom. The number of hydrogen-bond donors (Lipinski definition) is 2. The van der Waals surface area contributed by atoms with Gasteiger partial charge in [-0.2, -0.15) is 4.31 Å². The quantitative estimate of drug-likeness (QED) is 0.410. The van der Waals surface area contributed by atoms with Gasteiger partial charge in [-0.15, -0.1) is 0 Å². The number of nitrogens with zero attached hydrogens (tertiary/aromatic N) is 3. The number of anilines is 1. The van der Waals surface area contributed by atoms with Crippen LogP contribution in [0.1, 0.15) is 37.0 Å². The van der Waals surface area contributed by atoms with E-state index >= 15 is 0 Å². The largest absolute Gasteiger partial charge is 0.488 e. The van der Waals surface area contributed by atoms with Crippen molar-refractivity contribution in [3.05, 3.63) is 53.1 Å². The summed E-state index contributed by atoms with van der Waals surface area (Å²) in [4.78, 5) is 29.8. The lowest BCUT2D eigenvalue weighted by molar-refractivity contribution is -0.116. The van der Waals surface area contributed by atoms with Crippen LogP contribution in [0.25, 0.3) is 0 Å². The van der Waals surface area contributed by atoms with E-state index in [0.29, 0.717) is 23.6 Å². The Bertz CT molecular complexity index is 1290. The Morgan fingerprint density at radius 1 is 1.20 bits per heavy atom. The number of rotatable bonds is 11. The molecule has 0 fully saturated rings. The molecular formula is C28H39ClN4O6S. The van der Waals surface area contributed by atoms with Crippen LogP contribution in [0, 0.1) is 5.92 Å². The molecule has 2 aromatic rings. The molecule has 0 saturated heterocycles. The van der Waals surface area contributed by atoms with Crippen molar-refractivity contribution in [3.63, 3.8) is 0 Å². The van der Waals surface area contributed by atoms with Gasteiger partial charge in [0.2, 0.25) is 15.9 Å². The maximum atomic E-state index is 13.6. The molecule has 3 rings (SSSR count). The SMILES string of the molecule is C[C@@H]1CN([C@H](C)CO)C(=O)c2cc(NC(=O)CCCN(C)C)ccc2O[C@@H]1CN(C)S(=O)(=O)c1ccc(Cl)cc1. The van der Waals surface area contributed by atoms with Gasteiger partial charge in [0.15, 0.2) is 0 Å². The summed E-state index contributed by atoms with van der Waals surface area (Å²) in [6.07, 6.45) is 0.417. The van der Waals surface area contributed by atoms with Crippen molar-refractivity contribution < 1.29 is 27.9 Å². The van der Waals surface area contributed by atoms with E-state index in [0.717, 1.165) is 6.54 Å². The number of benzene rings is 2. The average molecular weight is 595 g/mol. The monoisotopic (exact) mass is 594 g/mol. The van der Waals surface area contributed by atoms with Crippen molar-refractivity contribution >= 4 is 39.1 Å². The number of nitrogens with one attached hydrogen (secondary N) is 1. The lowest BCUT2D eigenvalue weighted by Gasteiger charge is -2.38. The number of halogens is 1. The highest BCUT2D eigenvalue weighted by Gasteiger charge is 2.35. The first-order valence-electron chi connectivity index (χ1n) is 13.2. The second-order valence-corrected chi connectivity index (χ2v) is 13.0. The molecule has 1 heterocycles. The molecule has 1 aliphatic heterocycles. The summed E-state index contributed by atoms with van der Waals surface area (Å²) in [5.41, 5.74) is 0.682. The van der Waals surface area contributed by atoms with E-state index in [9.17, 15) is 23.1 Å². The minimum Gasteiger partial charge on any atom is -0.488 e. The fourth-order valence-corrected chi connectivity index (χ4v) is 5.74. The molecule has 2 aromatic carbocycles. The van der Waals surface area contributed by atoms with E-state index in [1.807, 2.05) is 25.9 Å². The number of fused-ring (bicyclic) bond motifs is 1. The van der Waals surface area contributed by atoms with Crippen LogP contribution in [0.4, 0.5) is 5.69 Å². The Hall–Kier alpha value is -2.70. The van der Waals surface area contributed by atoms with Crippen molar-refractivity contribution in [2.45, 2.75) is 43.7 Å². The van der Waals surface area contributed by atoms with E-state index < -0.39 is 22.2 Å². The second kappa shape index (κ2) is 13.8. The van der Waals surface area contributed by atoms with Gasteiger partial charge in [0, 0.05) is 36.6 Å². The lowest BCUT2D eigenvalue weighted by atomic mass is 9.99. The lowest BCUT2D eigenvalue weighted by Crippen LogP contribution is -2.50. The Morgan fingerprint density at radius 2 is 1.88 bits per heavy atom. The van der Waals surface area contributed by atoms with Gasteiger partial charge in [0.05, 0.1) is 29.7 Å². The molecule has 220 valence electrons. The Labute approximate surface area is 241 Å². The van der Waals surface area contributed by atoms with Gasteiger partial charge in [-0.05, 0) is 76.4 Å². The number of ether oxygens (including phenoxy) is 1. The fourth-order valence-electron chi connectivity index (χ4n) is 4.44. The van der Waals surface area contributed by atoms with Crippen LogP contribution in [-0.2, 0) is 14.8 Å². The third kappa shape index (κ3) is 7.94. The fraction of sp³-hybridized carbons (Fsp3) is 0.500. The zero-order chi connectivity index (χ0) is 29.6. The van der Waals surface area contributed by atoms with Crippen LogP contribution in [0.15, 0.2) is 47.4 Å². The summed E-state index contributed by atoms with van der Waals surface area (Å²) in [5, 5.41) is 13.2. The highest BCUT2D eigenvalue weighted by atomic mass is 35.5.